The van der Waals surface area contributed by atoms with E-state index in [4.69, 9.17) is 4.74 Å². The number of phenols is 1. The molecule has 1 amide bonds. The van der Waals surface area contributed by atoms with Gasteiger partial charge in [-0.05, 0) is 37.3 Å². The maximum absolute atomic E-state index is 12.1. The Bertz CT molecular complexity index is 750. The average Bonchev–Trinajstić information content (AvgIpc) is 2.58. The second kappa shape index (κ2) is 8.35. The first-order valence-corrected chi connectivity index (χ1v) is 8.01. The molecule has 0 bridgehead atoms. The highest BCUT2D eigenvalue weighted by atomic mass is 79.9. The predicted octanol–water partition coefficient (Wildman–Crippen LogP) is 3.11. The summed E-state index contributed by atoms with van der Waals surface area (Å²) >= 11 is 3.31. The number of halogens is 1. The lowest BCUT2D eigenvalue weighted by atomic mass is 10.2. The summed E-state index contributed by atoms with van der Waals surface area (Å²) < 4.78 is 6.04. The second-order valence-electron chi connectivity index (χ2n) is 5.00. The molecule has 2 aromatic rings. The number of methoxy groups -OCH3 is 1. The number of hydrogen-bond donors (Lipinski definition) is 3. The molecule has 0 aliphatic carbocycles. The van der Waals surface area contributed by atoms with E-state index in [1.54, 1.807) is 38.3 Å². The molecule has 7 heteroatoms. The Labute approximate surface area is 148 Å². The third kappa shape index (κ3) is 4.73. The lowest BCUT2D eigenvalue weighted by Gasteiger charge is -2.15. The summed E-state index contributed by atoms with van der Waals surface area (Å²) in [7, 11) is 1.57. The van der Waals surface area contributed by atoms with Crippen LogP contribution in [0, 0.1) is 0 Å². The van der Waals surface area contributed by atoms with Crippen molar-refractivity contribution >= 4 is 33.7 Å². The SMILES string of the molecule is COc1ccccc1N[C@H](C)C(=O)N/N=C\c1cc(Br)ccc1O. The van der Waals surface area contributed by atoms with Crippen LogP contribution in [-0.4, -0.2) is 30.4 Å². The van der Waals surface area contributed by atoms with Crippen molar-refractivity contribution < 1.29 is 14.6 Å². The van der Waals surface area contributed by atoms with Crippen LogP contribution < -0.4 is 15.5 Å². The van der Waals surface area contributed by atoms with Crippen molar-refractivity contribution in [3.05, 3.63) is 52.5 Å². The van der Waals surface area contributed by atoms with Crippen LogP contribution >= 0.6 is 15.9 Å². The summed E-state index contributed by atoms with van der Waals surface area (Å²) in [5.41, 5.74) is 3.65. The van der Waals surface area contributed by atoms with Crippen LogP contribution in [-0.2, 0) is 4.79 Å². The van der Waals surface area contributed by atoms with E-state index in [0.717, 1.165) is 10.2 Å². The monoisotopic (exact) mass is 391 g/mol. The molecule has 3 N–H and O–H groups in total. The number of amides is 1. The maximum atomic E-state index is 12.1. The number of nitrogens with zero attached hydrogens (tertiary/aromatic N) is 1. The number of carbonyl (C=O) groups excluding carboxylic acids is 1. The molecule has 0 radical (unpaired) electrons. The van der Waals surface area contributed by atoms with Gasteiger partial charge in [-0.15, -0.1) is 0 Å². The molecule has 2 aromatic carbocycles. The van der Waals surface area contributed by atoms with Crippen LogP contribution in [0.15, 0.2) is 52.0 Å². The summed E-state index contributed by atoms with van der Waals surface area (Å²) in [4.78, 5) is 12.1. The second-order valence-corrected chi connectivity index (χ2v) is 5.92. The Morgan fingerprint density at radius 1 is 1.33 bits per heavy atom. The van der Waals surface area contributed by atoms with E-state index in [0.29, 0.717) is 11.3 Å². The minimum atomic E-state index is -0.519. The molecule has 126 valence electrons. The zero-order chi connectivity index (χ0) is 17.5. The van der Waals surface area contributed by atoms with Gasteiger partial charge in [0.25, 0.3) is 5.91 Å². The van der Waals surface area contributed by atoms with Gasteiger partial charge in [0.2, 0.25) is 0 Å². The van der Waals surface area contributed by atoms with E-state index >= 15 is 0 Å². The summed E-state index contributed by atoms with van der Waals surface area (Å²) in [6, 6.07) is 11.8. The highest BCUT2D eigenvalue weighted by Crippen LogP contribution is 2.23. The lowest BCUT2D eigenvalue weighted by molar-refractivity contribution is -0.121. The van der Waals surface area contributed by atoms with Crippen LogP contribution in [0.4, 0.5) is 5.69 Å². The molecule has 6 nitrogen and oxygen atoms in total. The minimum Gasteiger partial charge on any atom is -0.507 e. The third-order valence-electron chi connectivity index (χ3n) is 3.24. The van der Waals surface area contributed by atoms with Gasteiger partial charge in [0, 0.05) is 10.0 Å². The summed E-state index contributed by atoms with van der Waals surface area (Å²) in [5, 5.41) is 16.6. The normalized spacial score (nSPS) is 12.0. The molecule has 0 aliphatic heterocycles. The van der Waals surface area contributed by atoms with Gasteiger partial charge in [0.1, 0.15) is 17.5 Å². The van der Waals surface area contributed by atoms with Crippen LogP contribution in [0.25, 0.3) is 0 Å². The number of aromatic hydroxyl groups is 1. The Morgan fingerprint density at radius 2 is 2.08 bits per heavy atom. The van der Waals surface area contributed by atoms with Crippen molar-refractivity contribution in [3.63, 3.8) is 0 Å². The summed E-state index contributed by atoms with van der Waals surface area (Å²) in [5.74, 6) is 0.419. The number of nitrogens with one attached hydrogen (secondary N) is 2. The molecule has 0 aromatic heterocycles. The largest absolute Gasteiger partial charge is 0.507 e. The van der Waals surface area contributed by atoms with Gasteiger partial charge in [-0.1, -0.05) is 28.1 Å². The molecule has 0 fully saturated rings. The maximum Gasteiger partial charge on any atom is 0.262 e. The van der Waals surface area contributed by atoms with Gasteiger partial charge >= 0.3 is 0 Å². The first-order chi connectivity index (χ1) is 11.5. The number of phenolic OH excluding ortho intramolecular Hbond substituents is 1. The first kappa shape index (κ1) is 17.8. The molecule has 0 heterocycles. The molecular formula is C17H18BrN3O3. The van der Waals surface area contributed by atoms with Gasteiger partial charge in [-0.3, -0.25) is 4.79 Å². The molecule has 0 spiro atoms. The zero-order valence-corrected chi connectivity index (χ0v) is 14.9. The lowest BCUT2D eigenvalue weighted by Crippen LogP contribution is -2.35. The number of para-hydroxylation sites is 2. The molecule has 0 saturated heterocycles. The van der Waals surface area contributed by atoms with Crippen molar-refractivity contribution in [1.29, 1.82) is 0 Å². The molecular weight excluding hydrogens is 374 g/mol. The molecule has 2 rings (SSSR count). The first-order valence-electron chi connectivity index (χ1n) is 7.22. The van der Waals surface area contributed by atoms with Gasteiger partial charge < -0.3 is 15.2 Å². The molecule has 0 unspecified atom stereocenters. The Kier molecular flexibility index (Phi) is 6.20. The molecule has 0 saturated carbocycles. The quantitative estimate of drug-likeness (QED) is 0.521. The van der Waals surface area contributed by atoms with Gasteiger partial charge in [0.15, 0.2) is 0 Å². The minimum absolute atomic E-state index is 0.0800. The number of rotatable bonds is 6. The number of ether oxygens (including phenoxy) is 1. The van der Waals surface area contributed by atoms with Crippen molar-refractivity contribution in [2.45, 2.75) is 13.0 Å². The number of benzene rings is 2. The fraction of sp³-hybridized carbons (Fsp3) is 0.176. The fourth-order valence-electron chi connectivity index (χ4n) is 1.95. The van der Waals surface area contributed by atoms with Gasteiger partial charge in [-0.2, -0.15) is 5.10 Å². The van der Waals surface area contributed by atoms with Gasteiger partial charge in [-0.25, -0.2) is 5.43 Å². The standard InChI is InChI=1S/C17H18BrN3O3/c1-11(20-14-5-3-4-6-16(14)24-2)17(23)21-19-10-12-9-13(18)7-8-15(12)22/h3-11,20,22H,1-2H3,(H,21,23)/b19-10-/t11-/m1/s1. The van der Waals surface area contributed by atoms with Crippen molar-refractivity contribution in [2.24, 2.45) is 5.10 Å². The Morgan fingerprint density at radius 3 is 2.83 bits per heavy atom. The smallest absolute Gasteiger partial charge is 0.262 e. The van der Waals surface area contributed by atoms with Crippen LogP contribution in [0.3, 0.4) is 0 Å². The number of carbonyl (C=O) groups is 1. The average molecular weight is 392 g/mol. The van der Waals surface area contributed by atoms with E-state index < -0.39 is 6.04 Å². The Balaban J connectivity index is 1.96. The zero-order valence-electron chi connectivity index (χ0n) is 13.3. The van der Waals surface area contributed by atoms with Crippen molar-refractivity contribution in [3.8, 4) is 11.5 Å². The predicted molar refractivity (Wildman–Crippen MR) is 97.6 cm³/mol. The highest BCUT2D eigenvalue weighted by molar-refractivity contribution is 9.10. The topological polar surface area (TPSA) is 83.0 Å². The summed E-state index contributed by atoms with van der Waals surface area (Å²) in [6.45, 7) is 1.72. The van der Waals surface area contributed by atoms with E-state index in [1.165, 1.54) is 6.21 Å². The molecule has 0 aliphatic rings. The van der Waals surface area contributed by atoms with Crippen LogP contribution in [0.1, 0.15) is 12.5 Å². The fourth-order valence-corrected chi connectivity index (χ4v) is 2.33. The Hall–Kier alpha value is -2.54. The third-order valence-corrected chi connectivity index (χ3v) is 3.73. The van der Waals surface area contributed by atoms with Gasteiger partial charge in [0.05, 0.1) is 19.0 Å². The molecule has 24 heavy (non-hydrogen) atoms. The van der Waals surface area contributed by atoms with E-state index in [9.17, 15) is 9.90 Å². The molecule has 1 atom stereocenters. The highest BCUT2D eigenvalue weighted by Gasteiger charge is 2.13. The van der Waals surface area contributed by atoms with Crippen LogP contribution in [0.5, 0.6) is 11.5 Å². The van der Waals surface area contributed by atoms with Crippen molar-refractivity contribution in [2.75, 3.05) is 12.4 Å². The number of hydrogen-bond acceptors (Lipinski definition) is 5. The van der Waals surface area contributed by atoms with Crippen molar-refractivity contribution in [1.82, 2.24) is 5.43 Å². The van der Waals surface area contributed by atoms with Crippen LogP contribution in [0.2, 0.25) is 0 Å². The van der Waals surface area contributed by atoms with E-state index in [1.807, 2.05) is 18.2 Å². The summed E-state index contributed by atoms with van der Waals surface area (Å²) in [6.07, 6.45) is 1.38. The number of hydrazone groups is 1. The van der Waals surface area contributed by atoms with E-state index in [2.05, 4.69) is 31.8 Å². The number of anilines is 1. The van der Waals surface area contributed by atoms with E-state index in [-0.39, 0.29) is 11.7 Å².